The molecule has 0 saturated heterocycles. The predicted molar refractivity (Wildman–Crippen MR) is 198 cm³/mol. The summed E-state index contributed by atoms with van der Waals surface area (Å²) in [7, 11) is 0. The standard InChI is InChI=1S/C41H74O8/c1-3-5-7-8-9-10-11-12-13-14-15-16-17-18-19-20-22-27-40(46)48-32-35(43)33-49-41(47)28-24-23-26-36-37(39(45)31-38(36)44)30-29-34(42)25-21-6-4-2/h23-24,29-30,34-39,42-45H,3-22,25-28,31-33H2,1-2H3/b24-23-,30-29+/t34-,35-,36+,37-,38+,39-/m1/s1. The SMILES string of the molecule is CCCCCCCCCCCCCCCCCCCC(=O)OC[C@@H](O)COC(=O)C/C=C\C[C@H]1[C@@H](/C=C/[C@H](O)CCCCC)[C@H](O)C[C@@H]1O. The van der Waals surface area contributed by atoms with Crippen LogP contribution in [-0.2, 0) is 19.1 Å². The molecule has 0 heterocycles. The lowest BCUT2D eigenvalue weighted by atomic mass is 9.89. The van der Waals surface area contributed by atoms with Crippen molar-refractivity contribution in [1.29, 1.82) is 0 Å². The Kier molecular flexibility index (Phi) is 28.7. The number of allylic oxidation sites excluding steroid dienone is 1. The molecule has 1 rings (SSSR count). The Morgan fingerprint density at radius 3 is 1.69 bits per heavy atom. The van der Waals surface area contributed by atoms with Crippen molar-refractivity contribution in [3.8, 4) is 0 Å². The van der Waals surface area contributed by atoms with Crippen LogP contribution in [0.2, 0.25) is 0 Å². The molecule has 49 heavy (non-hydrogen) atoms. The Morgan fingerprint density at radius 1 is 0.653 bits per heavy atom. The van der Waals surface area contributed by atoms with Crippen molar-refractivity contribution in [2.24, 2.45) is 11.8 Å². The van der Waals surface area contributed by atoms with Gasteiger partial charge in [-0.15, -0.1) is 0 Å². The number of aliphatic hydroxyl groups is 4. The Labute approximate surface area is 299 Å². The maximum absolute atomic E-state index is 12.1. The average molecular weight is 695 g/mol. The highest BCUT2D eigenvalue weighted by molar-refractivity contribution is 5.71. The van der Waals surface area contributed by atoms with Crippen LogP contribution in [0.5, 0.6) is 0 Å². The van der Waals surface area contributed by atoms with Crippen LogP contribution in [0.25, 0.3) is 0 Å². The van der Waals surface area contributed by atoms with Crippen LogP contribution in [0.4, 0.5) is 0 Å². The van der Waals surface area contributed by atoms with Gasteiger partial charge in [-0.05, 0) is 25.2 Å². The van der Waals surface area contributed by atoms with Gasteiger partial charge in [-0.1, -0.05) is 160 Å². The van der Waals surface area contributed by atoms with E-state index in [1.807, 2.05) is 6.08 Å². The number of rotatable bonds is 32. The number of aliphatic hydroxyl groups excluding tert-OH is 4. The second-order valence-electron chi connectivity index (χ2n) is 14.4. The molecule has 1 saturated carbocycles. The van der Waals surface area contributed by atoms with E-state index in [4.69, 9.17) is 9.47 Å². The first-order valence-corrected chi connectivity index (χ1v) is 20.1. The number of carbonyl (C=O) groups is 2. The largest absolute Gasteiger partial charge is 0.463 e. The number of ether oxygens (including phenoxy) is 2. The zero-order chi connectivity index (χ0) is 36.0. The Balaban J connectivity index is 2.04. The fourth-order valence-corrected chi connectivity index (χ4v) is 6.65. The summed E-state index contributed by atoms with van der Waals surface area (Å²) in [6, 6.07) is 0. The number of hydrogen-bond donors (Lipinski definition) is 4. The molecular weight excluding hydrogens is 620 g/mol. The van der Waals surface area contributed by atoms with Crippen molar-refractivity contribution in [3.05, 3.63) is 24.3 Å². The van der Waals surface area contributed by atoms with Crippen LogP contribution < -0.4 is 0 Å². The maximum atomic E-state index is 12.1. The van der Waals surface area contributed by atoms with Crippen molar-refractivity contribution in [1.82, 2.24) is 0 Å². The van der Waals surface area contributed by atoms with E-state index < -0.39 is 30.4 Å². The molecule has 0 radical (unpaired) electrons. The molecule has 0 bridgehead atoms. The molecule has 0 amide bonds. The van der Waals surface area contributed by atoms with Crippen LogP contribution in [0.1, 0.15) is 174 Å². The third kappa shape index (κ3) is 25.0. The smallest absolute Gasteiger partial charge is 0.309 e. The van der Waals surface area contributed by atoms with E-state index in [1.165, 1.54) is 89.9 Å². The van der Waals surface area contributed by atoms with E-state index in [2.05, 4.69) is 13.8 Å². The Morgan fingerprint density at radius 2 is 1.14 bits per heavy atom. The molecule has 0 unspecified atom stereocenters. The topological polar surface area (TPSA) is 134 Å². The molecule has 4 N–H and O–H groups in total. The summed E-state index contributed by atoms with van der Waals surface area (Å²) >= 11 is 0. The second kappa shape index (κ2) is 31.0. The van der Waals surface area contributed by atoms with Crippen LogP contribution in [-0.4, -0.2) is 70.0 Å². The quantitative estimate of drug-likeness (QED) is 0.0312. The van der Waals surface area contributed by atoms with E-state index in [-0.39, 0.29) is 43.9 Å². The summed E-state index contributed by atoms with van der Waals surface area (Å²) in [5.74, 6) is -1.32. The van der Waals surface area contributed by atoms with Gasteiger partial charge in [-0.3, -0.25) is 9.59 Å². The molecule has 8 nitrogen and oxygen atoms in total. The summed E-state index contributed by atoms with van der Waals surface area (Å²) in [5, 5.41) is 41.1. The van der Waals surface area contributed by atoms with Crippen LogP contribution in [0.15, 0.2) is 24.3 Å². The van der Waals surface area contributed by atoms with Crippen molar-refractivity contribution in [3.63, 3.8) is 0 Å². The van der Waals surface area contributed by atoms with Gasteiger partial charge in [0.05, 0.1) is 24.7 Å². The normalized spacial score (nSPS) is 20.7. The molecular formula is C41H74O8. The lowest BCUT2D eigenvalue weighted by Gasteiger charge is -2.19. The number of unbranched alkanes of at least 4 members (excludes halogenated alkanes) is 18. The zero-order valence-electron chi connectivity index (χ0n) is 31.3. The van der Waals surface area contributed by atoms with E-state index in [9.17, 15) is 30.0 Å². The van der Waals surface area contributed by atoms with Gasteiger partial charge in [0.15, 0.2) is 0 Å². The van der Waals surface area contributed by atoms with Gasteiger partial charge in [-0.2, -0.15) is 0 Å². The van der Waals surface area contributed by atoms with Crippen molar-refractivity contribution in [2.75, 3.05) is 13.2 Å². The molecule has 8 heteroatoms. The molecule has 0 aliphatic heterocycles. The van der Waals surface area contributed by atoms with E-state index in [0.29, 0.717) is 19.3 Å². The molecule has 0 spiro atoms. The summed E-state index contributed by atoms with van der Waals surface area (Å²) < 4.78 is 10.3. The van der Waals surface area contributed by atoms with Crippen LogP contribution in [0, 0.1) is 11.8 Å². The van der Waals surface area contributed by atoms with E-state index in [1.54, 1.807) is 18.2 Å². The minimum atomic E-state index is -1.08. The highest BCUT2D eigenvalue weighted by Gasteiger charge is 2.39. The van der Waals surface area contributed by atoms with Crippen LogP contribution >= 0.6 is 0 Å². The first kappa shape index (κ1) is 45.3. The molecule has 0 aromatic heterocycles. The lowest BCUT2D eigenvalue weighted by Crippen LogP contribution is -2.25. The molecule has 1 fully saturated rings. The van der Waals surface area contributed by atoms with Crippen LogP contribution in [0.3, 0.4) is 0 Å². The molecule has 0 aromatic rings. The van der Waals surface area contributed by atoms with Gasteiger partial charge in [0, 0.05) is 18.8 Å². The average Bonchev–Trinajstić information content (AvgIpc) is 3.36. The summed E-state index contributed by atoms with van der Waals surface area (Å²) in [6.45, 7) is 3.93. The summed E-state index contributed by atoms with van der Waals surface area (Å²) in [5.41, 5.74) is 0. The minimum Gasteiger partial charge on any atom is -0.463 e. The van der Waals surface area contributed by atoms with Gasteiger partial charge >= 0.3 is 11.9 Å². The van der Waals surface area contributed by atoms with Gasteiger partial charge in [0.1, 0.15) is 19.3 Å². The number of hydrogen-bond acceptors (Lipinski definition) is 8. The molecule has 286 valence electrons. The molecule has 6 atom stereocenters. The summed E-state index contributed by atoms with van der Waals surface area (Å²) in [4.78, 5) is 24.1. The molecule has 1 aliphatic rings. The van der Waals surface area contributed by atoms with Gasteiger partial charge in [0.25, 0.3) is 0 Å². The third-order valence-corrected chi connectivity index (χ3v) is 9.79. The fourth-order valence-electron chi connectivity index (χ4n) is 6.65. The van der Waals surface area contributed by atoms with Crippen molar-refractivity contribution < 1.29 is 39.5 Å². The molecule has 1 aliphatic carbocycles. The fraction of sp³-hybridized carbons (Fsp3) is 0.854. The highest BCUT2D eigenvalue weighted by atomic mass is 16.6. The monoisotopic (exact) mass is 695 g/mol. The van der Waals surface area contributed by atoms with E-state index >= 15 is 0 Å². The second-order valence-corrected chi connectivity index (χ2v) is 14.4. The lowest BCUT2D eigenvalue weighted by molar-refractivity contribution is -0.151. The van der Waals surface area contributed by atoms with Gasteiger partial charge in [-0.25, -0.2) is 0 Å². The van der Waals surface area contributed by atoms with Crippen molar-refractivity contribution >= 4 is 11.9 Å². The van der Waals surface area contributed by atoms with Gasteiger partial charge < -0.3 is 29.9 Å². The Hall–Kier alpha value is -1.74. The Bertz CT molecular complexity index is 858. The highest BCUT2D eigenvalue weighted by Crippen LogP contribution is 2.36. The third-order valence-electron chi connectivity index (χ3n) is 9.79. The van der Waals surface area contributed by atoms with Crippen molar-refractivity contribution in [2.45, 2.75) is 199 Å². The maximum Gasteiger partial charge on any atom is 0.309 e. The summed E-state index contributed by atoms with van der Waals surface area (Å²) in [6.07, 6.45) is 30.8. The molecule has 0 aromatic carbocycles. The minimum absolute atomic E-state index is 0.00777. The number of carbonyl (C=O) groups excluding carboxylic acids is 2. The first-order chi connectivity index (χ1) is 23.8. The zero-order valence-corrected chi connectivity index (χ0v) is 31.3. The number of esters is 2. The first-order valence-electron chi connectivity index (χ1n) is 20.1. The van der Waals surface area contributed by atoms with Gasteiger partial charge in [0.2, 0.25) is 0 Å². The van der Waals surface area contributed by atoms with E-state index in [0.717, 1.165) is 38.5 Å². The predicted octanol–water partition coefficient (Wildman–Crippen LogP) is 8.67.